The zero-order valence-electron chi connectivity index (χ0n) is 16.3. The Balaban J connectivity index is 1.73. The van der Waals surface area contributed by atoms with Crippen LogP contribution in [0.2, 0.25) is 0 Å². The van der Waals surface area contributed by atoms with Gasteiger partial charge < -0.3 is 24.6 Å². The van der Waals surface area contributed by atoms with Gasteiger partial charge in [0.1, 0.15) is 11.8 Å². The predicted octanol–water partition coefficient (Wildman–Crippen LogP) is 0.521. The Morgan fingerprint density at radius 3 is 2.32 bits per heavy atom. The minimum atomic E-state index is -0.775. The molecule has 3 rings (SSSR count). The van der Waals surface area contributed by atoms with E-state index < -0.39 is 12.0 Å². The van der Waals surface area contributed by atoms with E-state index >= 15 is 0 Å². The molecule has 0 bridgehead atoms. The van der Waals surface area contributed by atoms with Crippen molar-refractivity contribution in [1.29, 1.82) is 0 Å². The summed E-state index contributed by atoms with van der Waals surface area (Å²) in [6.07, 6.45) is 1.52. The molecule has 2 aliphatic heterocycles. The molecule has 1 N–H and O–H groups in total. The van der Waals surface area contributed by atoms with Gasteiger partial charge in [0, 0.05) is 24.6 Å². The summed E-state index contributed by atoms with van der Waals surface area (Å²) in [6.45, 7) is 2.44. The zero-order valence-corrected chi connectivity index (χ0v) is 16.3. The lowest BCUT2D eigenvalue weighted by molar-refractivity contribution is -0.157. The first-order chi connectivity index (χ1) is 13.5. The summed E-state index contributed by atoms with van der Waals surface area (Å²) in [6, 6.07) is 6.06. The van der Waals surface area contributed by atoms with E-state index in [1.54, 1.807) is 41.2 Å². The molecule has 28 heavy (non-hydrogen) atoms. The number of esters is 1. The van der Waals surface area contributed by atoms with Crippen molar-refractivity contribution in [3.8, 4) is 5.75 Å². The minimum Gasteiger partial charge on any atom is -0.497 e. The number of hydrogen-bond donors (Lipinski definition) is 1. The van der Waals surface area contributed by atoms with Gasteiger partial charge >= 0.3 is 5.97 Å². The fraction of sp³-hybridized carbons (Fsp3) is 0.550. The molecule has 1 atom stereocenters. The van der Waals surface area contributed by atoms with E-state index in [9.17, 15) is 14.4 Å². The number of hydrogen-bond acceptors (Lipinski definition) is 6. The van der Waals surface area contributed by atoms with Gasteiger partial charge in [0.15, 0.2) is 0 Å². The number of ether oxygens (including phenoxy) is 2. The second kappa shape index (κ2) is 9.05. The highest BCUT2D eigenvalue weighted by Crippen LogP contribution is 2.22. The Morgan fingerprint density at radius 2 is 1.71 bits per heavy atom. The van der Waals surface area contributed by atoms with Crippen LogP contribution in [0.5, 0.6) is 5.75 Å². The molecule has 1 aromatic rings. The number of benzene rings is 1. The number of nitrogens with zero attached hydrogens (tertiary/aromatic N) is 2. The smallest absolute Gasteiger partial charge is 0.330 e. The highest BCUT2D eigenvalue weighted by molar-refractivity contribution is 5.95. The van der Waals surface area contributed by atoms with Crippen molar-refractivity contribution >= 4 is 17.8 Å². The van der Waals surface area contributed by atoms with Crippen LogP contribution < -0.4 is 10.1 Å². The number of nitrogens with one attached hydrogen (secondary N) is 1. The Morgan fingerprint density at radius 1 is 1.04 bits per heavy atom. The number of piperidine rings is 1. The van der Waals surface area contributed by atoms with Gasteiger partial charge in [0.25, 0.3) is 5.91 Å². The lowest BCUT2D eigenvalue weighted by Gasteiger charge is -2.41. The Labute approximate surface area is 164 Å². The van der Waals surface area contributed by atoms with Crippen molar-refractivity contribution in [2.75, 3.05) is 46.9 Å². The molecule has 0 aromatic heterocycles. The molecule has 2 fully saturated rings. The van der Waals surface area contributed by atoms with Gasteiger partial charge in [-0.1, -0.05) is 0 Å². The summed E-state index contributed by atoms with van der Waals surface area (Å²) in [4.78, 5) is 41.4. The molecule has 8 heteroatoms. The maximum Gasteiger partial charge on any atom is 0.330 e. The fourth-order valence-corrected chi connectivity index (χ4v) is 3.79. The van der Waals surface area contributed by atoms with E-state index in [-0.39, 0.29) is 24.3 Å². The summed E-state index contributed by atoms with van der Waals surface area (Å²) >= 11 is 0. The van der Waals surface area contributed by atoms with Crippen LogP contribution in [-0.4, -0.2) is 80.6 Å². The van der Waals surface area contributed by atoms with Crippen molar-refractivity contribution in [1.82, 2.24) is 15.1 Å². The highest BCUT2D eigenvalue weighted by atomic mass is 16.5. The molecular weight excluding hydrogens is 362 g/mol. The topological polar surface area (TPSA) is 88.2 Å². The summed E-state index contributed by atoms with van der Waals surface area (Å²) in [5, 5.41) is 3.24. The van der Waals surface area contributed by atoms with Crippen LogP contribution in [0.15, 0.2) is 24.3 Å². The van der Waals surface area contributed by atoms with E-state index in [1.807, 2.05) is 0 Å². The van der Waals surface area contributed by atoms with Crippen molar-refractivity contribution < 1.29 is 23.9 Å². The molecule has 2 heterocycles. The number of rotatable bonds is 4. The maximum atomic E-state index is 13.0. The Hall–Kier alpha value is -2.61. The average Bonchev–Trinajstić information content (AvgIpc) is 2.77. The van der Waals surface area contributed by atoms with Gasteiger partial charge in [-0.3, -0.25) is 9.59 Å². The average molecular weight is 389 g/mol. The fourth-order valence-electron chi connectivity index (χ4n) is 3.79. The van der Waals surface area contributed by atoms with Crippen LogP contribution >= 0.6 is 0 Å². The van der Waals surface area contributed by atoms with Crippen LogP contribution in [0.4, 0.5) is 0 Å². The number of methoxy groups -OCH3 is 2. The molecule has 0 saturated carbocycles. The standard InChI is InChI=1S/C20H27N3O5/c1-27-16-5-3-14(4-6-16)18(24)22-11-12-23(17(13-22)20(26)28-2)19(25)15-7-9-21-10-8-15/h3-6,15,17,21H,7-13H2,1-2H3/t17-/m1/s1. The lowest BCUT2D eigenvalue weighted by Crippen LogP contribution is -2.61. The first kappa shape index (κ1) is 20.1. The quantitative estimate of drug-likeness (QED) is 0.756. The first-order valence-corrected chi connectivity index (χ1v) is 9.57. The summed E-state index contributed by atoms with van der Waals surface area (Å²) in [5.41, 5.74) is 0.516. The van der Waals surface area contributed by atoms with Crippen LogP contribution in [0, 0.1) is 5.92 Å². The van der Waals surface area contributed by atoms with Gasteiger partial charge in [0.2, 0.25) is 5.91 Å². The van der Waals surface area contributed by atoms with Gasteiger partial charge in [-0.05, 0) is 50.2 Å². The molecule has 0 aliphatic carbocycles. The molecule has 2 amide bonds. The van der Waals surface area contributed by atoms with Gasteiger partial charge in [-0.15, -0.1) is 0 Å². The van der Waals surface area contributed by atoms with Crippen LogP contribution in [-0.2, 0) is 14.3 Å². The molecular formula is C20H27N3O5. The summed E-state index contributed by atoms with van der Waals surface area (Å²) < 4.78 is 10.0. The van der Waals surface area contributed by atoms with Crippen LogP contribution in [0.3, 0.4) is 0 Å². The SMILES string of the molecule is COC(=O)[C@H]1CN(C(=O)c2ccc(OC)cc2)CCN1C(=O)C1CCNCC1. The van der Waals surface area contributed by atoms with Gasteiger partial charge in [-0.25, -0.2) is 4.79 Å². The van der Waals surface area contributed by atoms with Gasteiger partial charge in [0.05, 0.1) is 20.8 Å². The molecule has 0 radical (unpaired) electrons. The molecule has 0 unspecified atom stereocenters. The van der Waals surface area contributed by atoms with E-state index in [0.29, 0.717) is 24.4 Å². The third-order valence-electron chi connectivity index (χ3n) is 5.45. The monoisotopic (exact) mass is 389 g/mol. The second-order valence-electron chi connectivity index (χ2n) is 7.07. The number of piperazine rings is 1. The second-order valence-corrected chi connectivity index (χ2v) is 7.07. The van der Waals surface area contributed by atoms with Crippen LogP contribution in [0.25, 0.3) is 0 Å². The molecule has 8 nitrogen and oxygen atoms in total. The van der Waals surface area contributed by atoms with Crippen molar-refractivity contribution in [2.24, 2.45) is 5.92 Å². The minimum absolute atomic E-state index is 0.0200. The van der Waals surface area contributed by atoms with E-state index in [4.69, 9.17) is 9.47 Å². The number of carbonyl (C=O) groups is 3. The van der Waals surface area contributed by atoms with Crippen molar-refractivity contribution in [2.45, 2.75) is 18.9 Å². The third kappa shape index (κ3) is 4.27. The Kier molecular flexibility index (Phi) is 6.51. The largest absolute Gasteiger partial charge is 0.497 e. The normalized spacial score (nSPS) is 20.6. The first-order valence-electron chi connectivity index (χ1n) is 9.57. The molecule has 0 spiro atoms. The van der Waals surface area contributed by atoms with E-state index in [0.717, 1.165) is 25.9 Å². The zero-order chi connectivity index (χ0) is 20.1. The third-order valence-corrected chi connectivity index (χ3v) is 5.45. The number of amides is 2. The molecule has 2 saturated heterocycles. The summed E-state index contributed by atoms with van der Waals surface area (Å²) in [7, 11) is 2.87. The summed E-state index contributed by atoms with van der Waals surface area (Å²) in [5.74, 6) is -0.105. The van der Waals surface area contributed by atoms with Crippen molar-refractivity contribution in [3.05, 3.63) is 29.8 Å². The van der Waals surface area contributed by atoms with E-state index in [2.05, 4.69) is 5.32 Å². The molecule has 2 aliphatic rings. The lowest BCUT2D eigenvalue weighted by atomic mass is 9.95. The van der Waals surface area contributed by atoms with Crippen molar-refractivity contribution in [3.63, 3.8) is 0 Å². The highest BCUT2D eigenvalue weighted by Gasteiger charge is 2.40. The molecule has 152 valence electrons. The predicted molar refractivity (Wildman–Crippen MR) is 102 cm³/mol. The van der Waals surface area contributed by atoms with Crippen LogP contribution in [0.1, 0.15) is 23.2 Å². The number of carbonyl (C=O) groups excluding carboxylic acids is 3. The maximum absolute atomic E-state index is 13.0. The van der Waals surface area contributed by atoms with Gasteiger partial charge in [-0.2, -0.15) is 0 Å². The van der Waals surface area contributed by atoms with E-state index in [1.165, 1.54) is 7.11 Å². The molecule has 1 aromatic carbocycles. The Bertz CT molecular complexity index is 715.